The summed E-state index contributed by atoms with van der Waals surface area (Å²) in [4.78, 5) is 0. The summed E-state index contributed by atoms with van der Waals surface area (Å²) in [5.74, 6) is 0. The van der Waals surface area contributed by atoms with Crippen molar-refractivity contribution in [3.05, 3.63) is 53.2 Å². The van der Waals surface area contributed by atoms with Crippen LogP contribution in [-0.2, 0) is 7.05 Å². The first-order valence-corrected chi connectivity index (χ1v) is 6.79. The smallest absolute Gasteiger partial charge is 0.0619 e. The van der Waals surface area contributed by atoms with E-state index in [0.717, 1.165) is 0 Å². The van der Waals surface area contributed by atoms with E-state index in [4.69, 9.17) is 0 Å². The molecule has 0 saturated heterocycles. The van der Waals surface area contributed by atoms with E-state index >= 15 is 0 Å². The molecule has 0 aliphatic heterocycles. The normalized spacial score (nSPS) is 13.0. The van der Waals surface area contributed by atoms with Gasteiger partial charge in [-0.3, -0.25) is 4.68 Å². The van der Waals surface area contributed by atoms with Gasteiger partial charge in [-0.1, -0.05) is 18.2 Å². The van der Waals surface area contributed by atoms with E-state index in [1.54, 1.807) is 11.3 Å². The van der Waals surface area contributed by atoms with Crippen LogP contribution in [0, 0.1) is 0 Å². The van der Waals surface area contributed by atoms with E-state index in [-0.39, 0.29) is 6.04 Å². The Morgan fingerprint density at radius 2 is 2.22 bits per heavy atom. The molecule has 1 N–H and O–H groups in total. The Kier molecular flexibility index (Phi) is 2.89. The summed E-state index contributed by atoms with van der Waals surface area (Å²) in [6.07, 6.45) is 3.99. The number of benzene rings is 1. The Morgan fingerprint density at radius 1 is 1.33 bits per heavy atom. The number of aromatic nitrogens is 2. The van der Waals surface area contributed by atoms with Gasteiger partial charge in [-0.15, -0.1) is 11.3 Å². The number of rotatable bonds is 3. The number of thiophene rings is 1. The van der Waals surface area contributed by atoms with Gasteiger partial charge in [0.15, 0.2) is 0 Å². The van der Waals surface area contributed by atoms with Crippen LogP contribution in [-0.4, -0.2) is 16.8 Å². The van der Waals surface area contributed by atoms with Crippen LogP contribution in [0.4, 0.5) is 0 Å². The Labute approximate surface area is 110 Å². The number of nitrogens with one attached hydrogen (secondary N) is 1. The highest BCUT2D eigenvalue weighted by Crippen LogP contribution is 2.31. The maximum atomic E-state index is 4.26. The molecule has 0 bridgehead atoms. The second kappa shape index (κ2) is 4.55. The molecule has 2 aromatic heterocycles. The molecule has 3 nitrogen and oxygen atoms in total. The third-order valence-electron chi connectivity index (χ3n) is 3.17. The van der Waals surface area contributed by atoms with E-state index in [1.807, 2.05) is 25.0 Å². The molecule has 1 aromatic carbocycles. The quantitative estimate of drug-likeness (QED) is 0.782. The minimum absolute atomic E-state index is 0.195. The van der Waals surface area contributed by atoms with Crippen molar-refractivity contribution in [3.63, 3.8) is 0 Å². The standard InChI is InChI=1S/C14H15N3S/c1-15-13(11-8-16-17(2)9-11)12-5-3-4-10-6-7-18-14(10)12/h3-9,13,15H,1-2H3. The molecule has 0 spiro atoms. The number of hydrogen-bond donors (Lipinski definition) is 1. The van der Waals surface area contributed by atoms with Gasteiger partial charge >= 0.3 is 0 Å². The van der Waals surface area contributed by atoms with E-state index in [1.165, 1.54) is 21.2 Å². The predicted molar refractivity (Wildman–Crippen MR) is 75.9 cm³/mol. The van der Waals surface area contributed by atoms with Crippen molar-refractivity contribution in [3.8, 4) is 0 Å². The van der Waals surface area contributed by atoms with Crippen LogP contribution >= 0.6 is 11.3 Å². The molecular weight excluding hydrogens is 242 g/mol. The molecule has 0 amide bonds. The first-order chi connectivity index (χ1) is 8.79. The molecule has 1 atom stereocenters. The van der Waals surface area contributed by atoms with E-state index in [2.05, 4.69) is 46.3 Å². The largest absolute Gasteiger partial charge is 0.309 e. The third-order valence-corrected chi connectivity index (χ3v) is 4.15. The van der Waals surface area contributed by atoms with Crippen molar-refractivity contribution < 1.29 is 0 Å². The van der Waals surface area contributed by atoms with Crippen molar-refractivity contribution in [1.82, 2.24) is 15.1 Å². The van der Waals surface area contributed by atoms with E-state index < -0.39 is 0 Å². The fraction of sp³-hybridized carbons (Fsp3) is 0.214. The molecule has 0 radical (unpaired) electrons. The van der Waals surface area contributed by atoms with Crippen molar-refractivity contribution in [2.24, 2.45) is 7.05 Å². The highest BCUT2D eigenvalue weighted by molar-refractivity contribution is 7.17. The van der Waals surface area contributed by atoms with Crippen LogP contribution in [0.25, 0.3) is 10.1 Å². The molecule has 3 aromatic rings. The number of nitrogens with zero attached hydrogens (tertiary/aromatic N) is 2. The Bertz CT molecular complexity index is 668. The molecule has 0 saturated carbocycles. The maximum absolute atomic E-state index is 4.26. The van der Waals surface area contributed by atoms with Crippen molar-refractivity contribution in [1.29, 1.82) is 0 Å². The van der Waals surface area contributed by atoms with Gasteiger partial charge in [-0.2, -0.15) is 5.10 Å². The fourth-order valence-corrected chi connectivity index (χ4v) is 3.28. The molecule has 18 heavy (non-hydrogen) atoms. The number of hydrogen-bond acceptors (Lipinski definition) is 3. The Balaban J connectivity index is 2.14. The third kappa shape index (κ3) is 1.83. The van der Waals surface area contributed by atoms with Crippen LogP contribution in [0.3, 0.4) is 0 Å². The summed E-state index contributed by atoms with van der Waals surface area (Å²) in [6.45, 7) is 0. The molecular formula is C14H15N3S. The molecule has 4 heteroatoms. The van der Waals surface area contributed by atoms with Crippen LogP contribution in [0.15, 0.2) is 42.0 Å². The molecule has 2 heterocycles. The lowest BCUT2D eigenvalue weighted by molar-refractivity contribution is 0.695. The first-order valence-electron chi connectivity index (χ1n) is 5.91. The molecule has 1 unspecified atom stereocenters. The lowest BCUT2D eigenvalue weighted by atomic mass is 10.0. The summed E-state index contributed by atoms with van der Waals surface area (Å²) in [7, 11) is 3.94. The van der Waals surface area contributed by atoms with Gasteiger partial charge in [0, 0.05) is 23.5 Å². The SMILES string of the molecule is CNC(c1cnn(C)c1)c1cccc2ccsc12. The predicted octanol–water partition coefficient (Wildman–Crippen LogP) is 2.94. The maximum Gasteiger partial charge on any atom is 0.0619 e. The monoisotopic (exact) mass is 257 g/mol. The Morgan fingerprint density at radius 3 is 2.94 bits per heavy atom. The number of aryl methyl sites for hydroxylation is 1. The van der Waals surface area contributed by atoms with Crippen molar-refractivity contribution in [2.75, 3.05) is 7.05 Å². The van der Waals surface area contributed by atoms with E-state index in [9.17, 15) is 0 Å². The molecule has 3 rings (SSSR count). The number of fused-ring (bicyclic) bond motifs is 1. The topological polar surface area (TPSA) is 29.9 Å². The lowest BCUT2D eigenvalue weighted by Gasteiger charge is -2.15. The first kappa shape index (κ1) is 11.4. The zero-order valence-corrected chi connectivity index (χ0v) is 11.2. The van der Waals surface area contributed by atoms with Crippen LogP contribution < -0.4 is 5.32 Å². The molecule has 0 fully saturated rings. The highest BCUT2D eigenvalue weighted by atomic mass is 32.1. The highest BCUT2D eigenvalue weighted by Gasteiger charge is 2.16. The minimum Gasteiger partial charge on any atom is -0.309 e. The average Bonchev–Trinajstić information content (AvgIpc) is 2.99. The summed E-state index contributed by atoms with van der Waals surface area (Å²) in [5.41, 5.74) is 2.51. The second-order valence-corrected chi connectivity index (χ2v) is 5.27. The van der Waals surface area contributed by atoms with Gasteiger partial charge in [0.1, 0.15) is 0 Å². The van der Waals surface area contributed by atoms with E-state index in [0.29, 0.717) is 0 Å². The fourth-order valence-electron chi connectivity index (χ4n) is 2.33. The van der Waals surface area contributed by atoms with Gasteiger partial charge in [0.25, 0.3) is 0 Å². The van der Waals surface area contributed by atoms with Gasteiger partial charge in [0.05, 0.1) is 12.2 Å². The van der Waals surface area contributed by atoms with Crippen molar-refractivity contribution in [2.45, 2.75) is 6.04 Å². The zero-order valence-electron chi connectivity index (χ0n) is 10.4. The summed E-state index contributed by atoms with van der Waals surface area (Å²) in [5, 5.41) is 11.1. The summed E-state index contributed by atoms with van der Waals surface area (Å²) in [6, 6.07) is 8.82. The van der Waals surface area contributed by atoms with Crippen LogP contribution in [0.5, 0.6) is 0 Å². The second-order valence-electron chi connectivity index (χ2n) is 4.36. The van der Waals surface area contributed by atoms with Crippen LogP contribution in [0.2, 0.25) is 0 Å². The zero-order chi connectivity index (χ0) is 12.5. The van der Waals surface area contributed by atoms with Gasteiger partial charge in [0.2, 0.25) is 0 Å². The van der Waals surface area contributed by atoms with Gasteiger partial charge in [-0.25, -0.2) is 0 Å². The summed E-state index contributed by atoms with van der Waals surface area (Å²) < 4.78 is 3.19. The molecule has 0 aliphatic carbocycles. The molecule has 92 valence electrons. The Hall–Kier alpha value is -1.65. The average molecular weight is 257 g/mol. The molecule has 0 aliphatic rings. The summed E-state index contributed by atoms with van der Waals surface area (Å²) >= 11 is 1.79. The van der Waals surface area contributed by atoms with Crippen LogP contribution in [0.1, 0.15) is 17.2 Å². The van der Waals surface area contributed by atoms with Crippen molar-refractivity contribution >= 4 is 21.4 Å². The lowest BCUT2D eigenvalue weighted by Crippen LogP contribution is -2.17. The minimum atomic E-state index is 0.195. The van der Waals surface area contributed by atoms with Gasteiger partial charge in [-0.05, 0) is 29.4 Å². The van der Waals surface area contributed by atoms with Gasteiger partial charge < -0.3 is 5.32 Å².